The van der Waals surface area contributed by atoms with Crippen molar-refractivity contribution in [2.75, 3.05) is 25.1 Å². The standard InChI is InChI=1S/C20H21F2NO6/c1-3-26-16-10-9-13(11-17(16)27-4-2)19(25)28-12-18(24)23-14-7-5-6-8-15(14)29-20(21)22/h5-11,20H,3-4,12H2,1-2H3,(H,23,24). The van der Waals surface area contributed by atoms with Gasteiger partial charge in [0.15, 0.2) is 18.1 Å². The van der Waals surface area contributed by atoms with Crippen LogP contribution in [0.3, 0.4) is 0 Å². The van der Waals surface area contributed by atoms with Crippen molar-refractivity contribution in [1.29, 1.82) is 0 Å². The van der Waals surface area contributed by atoms with E-state index >= 15 is 0 Å². The molecule has 2 rings (SSSR count). The maximum absolute atomic E-state index is 12.4. The van der Waals surface area contributed by atoms with Gasteiger partial charge in [-0.15, -0.1) is 0 Å². The quantitative estimate of drug-likeness (QED) is 0.600. The lowest BCUT2D eigenvalue weighted by Gasteiger charge is -2.13. The minimum absolute atomic E-state index is 0.0357. The number of ether oxygens (including phenoxy) is 4. The lowest BCUT2D eigenvalue weighted by Crippen LogP contribution is -2.21. The number of esters is 1. The van der Waals surface area contributed by atoms with Crippen molar-refractivity contribution >= 4 is 17.6 Å². The molecule has 0 aromatic heterocycles. The Labute approximate surface area is 166 Å². The lowest BCUT2D eigenvalue weighted by atomic mass is 10.2. The average molecular weight is 409 g/mol. The molecule has 0 aliphatic heterocycles. The average Bonchev–Trinajstić information content (AvgIpc) is 2.69. The summed E-state index contributed by atoms with van der Waals surface area (Å²) in [5.74, 6) is -0.790. The van der Waals surface area contributed by atoms with E-state index in [9.17, 15) is 18.4 Å². The molecule has 0 aliphatic rings. The number of alkyl halides is 2. The Bertz CT molecular complexity index is 843. The second-order valence-electron chi connectivity index (χ2n) is 5.53. The molecular formula is C20H21F2NO6. The fraction of sp³-hybridized carbons (Fsp3) is 0.300. The van der Waals surface area contributed by atoms with Crippen molar-refractivity contribution in [2.24, 2.45) is 0 Å². The van der Waals surface area contributed by atoms with Crippen LogP contribution in [-0.4, -0.2) is 38.3 Å². The first-order valence-corrected chi connectivity index (χ1v) is 8.85. The van der Waals surface area contributed by atoms with Crippen molar-refractivity contribution < 1.29 is 37.3 Å². The molecule has 0 bridgehead atoms. The molecule has 7 nitrogen and oxygen atoms in total. The fourth-order valence-corrected chi connectivity index (χ4v) is 2.35. The molecule has 156 valence electrons. The normalized spacial score (nSPS) is 10.4. The van der Waals surface area contributed by atoms with Gasteiger partial charge in [-0.3, -0.25) is 4.79 Å². The summed E-state index contributed by atoms with van der Waals surface area (Å²) in [6, 6.07) is 10.2. The van der Waals surface area contributed by atoms with Gasteiger partial charge in [0.1, 0.15) is 5.75 Å². The molecule has 0 atom stereocenters. The number of para-hydroxylation sites is 2. The molecule has 0 fully saturated rings. The summed E-state index contributed by atoms with van der Waals surface area (Å²) in [5, 5.41) is 2.36. The Morgan fingerprint density at radius 1 is 0.966 bits per heavy atom. The first kappa shape index (κ1) is 21.9. The molecule has 0 spiro atoms. The fourth-order valence-electron chi connectivity index (χ4n) is 2.35. The van der Waals surface area contributed by atoms with Crippen molar-refractivity contribution in [1.82, 2.24) is 0 Å². The van der Waals surface area contributed by atoms with Crippen molar-refractivity contribution in [3.63, 3.8) is 0 Å². The summed E-state index contributed by atoms with van der Waals surface area (Å²) < 4.78 is 45.0. The van der Waals surface area contributed by atoms with Crippen LogP contribution in [0.2, 0.25) is 0 Å². The molecule has 29 heavy (non-hydrogen) atoms. The van der Waals surface area contributed by atoms with Crippen LogP contribution in [-0.2, 0) is 9.53 Å². The van der Waals surface area contributed by atoms with E-state index in [4.69, 9.17) is 14.2 Å². The third-order valence-corrected chi connectivity index (χ3v) is 3.49. The SMILES string of the molecule is CCOc1ccc(C(=O)OCC(=O)Nc2ccccc2OC(F)F)cc1OCC. The molecule has 1 N–H and O–H groups in total. The van der Waals surface area contributed by atoms with Crippen LogP contribution in [0, 0.1) is 0 Å². The lowest BCUT2D eigenvalue weighted by molar-refractivity contribution is -0.119. The molecule has 2 aromatic rings. The third-order valence-electron chi connectivity index (χ3n) is 3.49. The van der Waals surface area contributed by atoms with Gasteiger partial charge in [-0.1, -0.05) is 12.1 Å². The van der Waals surface area contributed by atoms with Crippen LogP contribution in [0.1, 0.15) is 24.2 Å². The van der Waals surface area contributed by atoms with Crippen molar-refractivity contribution in [3.05, 3.63) is 48.0 Å². The highest BCUT2D eigenvalue weighted by Crippen LogP contribution is 2.29. The predicted octanol–water partition coefficient (Wildman–Crippen LogP) is 3.88. The maximum Gasteiger partial charge on any atom is 0.387 e. The third kappa shape index (κ3) is 6.63. The number of benzene rings is 2. The number of rotatable bonds is 10. The largest absolute Gasteiger partial charge is 0.490 e. The first-order chi connectivity index (χ1) is 13.9. The van der Waals surface area contributed by atoms with Gasteiger partial charge in [0.05, 0.1) is 24.5 Å². The van der Waals surface area contributed by atoms with E-state index < -0.39 is 25.1 Å². The van der Waals surface area contributed by atoms with Crippen LogP contribution < -0.4 is 19.5 Å². The van der Waals surface area contributed by atoms with Crippen molar-refractivity contribution in [3.8, 4) is 17.2 Å². The molecule has 0 unspecified atom stereocenters. The van der Waals surface area contributed by atoms with Gasteiger partial charge in [-0.2, -0.15) is 8.78 Å². The molecule has 2 aromatic carbocycles. The van der Waals surface area contributed by atoms with Crippen LogP contribution in [0.25, 0.3) is 0 Å². The van der Waals surface area contributed by atoms with Gasteiger partial charge in [-0.25, -0.2) is 4.79 Å². The Hall–Kier alpha value is -3.36. The molecule has 9 heteroatoms. The van der Waals surface area contributed by atoms with E-state index in [0.29, 0.717) is 24.7 Å². The van der Waals surface area contributed by atoms with Crippen LogP contribution in [0.5, 0.6) is 17.2 Å². The zero-order valence-corrected chi connectivity index (χ0v) is 15.9. The zero-order valence-electron chi connectivity index (χ0n) is 15.9. The minimum atomic E-state index is -3.04. The van der Waals surface area contributed by atoms with E-state index in [0.717, 1.165) is 0 Å². The van der Waals surface area contributed by atoms with Gasteiger partial charge in [0, 0.05) is 0 Å². The Balaban J connectivity index is 1.98. The monoisotopic (exact) mass is 409 g/mol. The minimum Gasteiger partial charge on any atom is -0.490 e. The summed E-state index contributed by atoms with van der Waals surface area (Å²) in [6.45, 7) is 0.771. The van der Waals surface area contributed by atoms with E-state index in [2.05, 4.69) is 10.1 Å². The highest BCUT2D eigenvalue weighted by atomic mass is 19.3. The number of carbonyl (C=O) groups excluding carboxylic acids is 2. The molecule has 0 saturated carbocycles. The second kappa shape index (κ2) is 10.8. The number of carbonyl (C=O) groups is 2. The molecule has 0 radical (unpaired) electrons. The Morgan fingerprint density at radius 3 is 2.34 bits per heavy atom. The van der Waals surface area contributed by atoms with Gasteiger partial charge in [-0.05, 0) is 44.2 Å². The predicted molar refractivity (Wildman–Crippen MR) is 101 cm³/mol. The molecule has 0 heterocycles. The number of amides is 1. The van der Waals surface area contributed by atoms with Crippen LogP contribution in [0.4, 0.5) is 14.5 Å². The second-order valence-corrected chi connectivity index (χ2v) is 5.53. The summed E-state index contributed by atoms with van der Waals surface area (Å²) in [6.07, 6.45) is 0. The number of hydrogen-bond acceptors (Lipinski definition) is 6. The number of halogens is 2. The Kier molecular flexibility index (Phi) is 8.20. The van der Waals surface area contributed by atoms with Gasteiger partial charge in [0.2, 0.25) is 0 Å². The number of nitrogens with one attached hydrogen (secondary N) is 1. The van der Waals surface area contributed by atoms with E-state index in [1.807, 2.05) is 6.92 Å². The summed E-state index contributed by atoms with van der Waals surface area (Å²) >= 11 is 0. The van der Waals surface area contributed by atoms with Crippen LogP contribution >= 0.6 is 0 Å². The zero-order chi connectivity index (χ0) is 21.2. The van der Waals surface area contributed by atoms with Gasteiger partial charge < -0.3 is 24.3 Å². The van der Waals surface area contributed by atoms with E-state index in [1.54, 1.807) is 13.0 Å². The summed E-state index contributed by atoms with van der Waals surface area (Å²) in [4.78, 5) is 24.2. The molecule has 0 aliphatic carbocycles. The molecular weight excluding hydrogens is 388 g/mol. The van der Waals surface area contributed by atoms with Gasteiger partial charge >= 0.3 is 12.6 Å². The molecule has 1 amide bonds. The van der Waals surface area contributed by atoms with E-state index in [1.165, 1.54) is 36.4 Å². The highest BCUT2D eigenvalue weighted by Gasteiger charge is 2.16. The Morgan fingerprint density at radius 2 is 1.66 bits per heavy atom. The highest BCUT2D eigenvalue weighted by molar-refractivity contribution is 5.96. The maximum atomic E-state index is 12.4. The first-order valence-electron chi connectivity index (χ1n) is 8.85. The van der Waals surface area contributed by atoms with Gasteiger partial charge in [0.25, 0.3) is 5.91 Å². The summed E-state index contributed by atoms with van der Waals surface area (Å²) in [7, 11) is 0. The van der Waals surface area contributed by atoms with E-state index in [-0.39, 0.29) is 17.0 Å². The number of anilines is 1. The van der Waals surface area contributed by atoms with Crippen LogP contribution in [0.15, 0.2) is 42.5 Å². The van der Waals surface area contributed by atoms with Crippen molar-refractivity contribution in [2.45, 2.75) is 20.5 Å². The topological polar surface area (TPSA) is 83.1 Å². The number of hydrogen-bond donors (Lipinski definition) is 1. The summed E-state index contributed by atoms with van der Waals surface area (Å²) in [5.41, 5.74) is 0.208. The molecule has 0 saturated heterocycles. The smallest absolute Gasteiger partial charge is 0.387 e.